The largest absolute Gasteiger partial charge is 0.204 e. The van der Waals surface area contributed by atoms with E-state index in [1.807, 2.05) is 6.07 Å². The van der Waals surface area contributed by atoms with Gasteiger partial charge in [0, 0.05) is 16.8 Å². The van der Waals surface area contributed by atoms with Crippen LogP contribution in [0.2, 0.25) is 0 Å². The summed E-state index contributed by atoms with van der Waals surface area (Å²) in [5.74, 6) is -6.85. The normalized spacial score (nSPS) is 11.4. The minimum Gasteiger partial charge on any atom is -0.204 e. The summed E-state index contributed by atoms with van der Waals surface area (Å²) in [5.41, 5.74) is 0. The van der Waals surface area contributed by atoms with Crippen molar-refractivity contribution in [3.63, 3.8) is 0 Å². The van der Waals surface area contributed by atoms with Gasteiger partial charge in [-0.2, -0.15) is 0 Å². The van der Waals surface area contributed by atoms with Crippen LogP contribution in [-0.4, -0.2) is 0 Å². The Bertz CT molecular complexity index is 823. The molecule has 3 rings (SSSR count). The zero-order chi connectivity index (χ0) is 13.7. The summed E-state index contributed by atoms with van der Waals surface area (Å²) in [4.78, 5) is 0. The Hall–Kier alpha value is -2.17. The Morgan fingerprint density at radius 1 is 0.737 bits per heavy atom. The molecule has 0 saturated heterocycles. The Morgan fingerprint density at radius 2 is 1.47 bits per heavy atom. The smallest absolute Gasteiger partial charge is 0.195 e. The molecule has 0 atom stereocenters. The third-order valence-electron chi connectivity index (χ3n) is 2.91. The van der Waals surface area contributed by atoms with Gasteiger partial charge in [0.25, 0.3) is 0 Å². The first-order chi connectivity index (χ1) is 8.99. The molecule has 19 heavy (non-hydrogen) atoms. The first kappa shape index (κ1) is 11.9. The van der Waals surface area contributed by atoms with E-state index in [2.05, 4.69) is 0 Å². The van der Waals surface area contributed by atoms with Crippen LogP contribution in [0.4, 0.5) is 22.0 Å². The SMILES string of the molecule is Fc1[c]c2cc3ccc(F)c(F)c3cc2c(F)c1F. The lowest BCUT2D eigenvalue weighted by molar-refractivity contribution is 0.452. The number of fused-ring (bicyclic) bond motifs is 2. The van der Waals surface area contributed by atoms with Crippen LogP contribution in [0.1, 0.15) is 0 Å². The summed E-state index contributed by atoms with van der Waals surface area (Å²) in [6.07, 6.45) is 0. The summed E-state index contributed by atoms with van der Waals surface area (Å²) >= 11 is 0. The van der Waals surface area contributed by atoms with Gasteiger partial charge in [-0.05, 0) is 29.0 Å². The molecule has 0 aliphatic heterocycles. The van der Waals surface area contributed by atoms with Gasteiger partial charge in [0.1, 0.15) is 0 Å². The van der Waals surface area contributed by atoms with Crippen molar-refractivity contribution in [1.82, 2.24) is 0 Å². The van der Waals surface area contributed by atoms with Crippen LogP contribution in [0.3, 0.4) is 0 Å². The molecule has 0 aliphatic carbocycles. The van der Waals surface area contributed by atoms with Crippen LogP contribution in [0.25, 0.3) is 21.5 Å². The van der Waals surface area contributed by atoms with Crippen LogP contribution in [-0.2, 0) is 0 Å². The summed E-state index contributed by atoms with van der Waals surface area (Å²) in [6, 6.07) is 6.36. The van der Waals surface area contributed by atoms with Crippen molar-refractivity contribution in [2.75, 3.05) is 0 Å². The fraction of sp³-hybridized carbons (Fsp3) is 0. The predicted octanol–water partition coefficient (Wildman–Crippen LogP) is 4.49. The maximum atomic E-state index is 13.6. The molecule has 0 unspecified atom stereocenters. The Morgan fingerprint density at radius 3 is 2.21 bits per heavy atom. The first-order valence-electron chi connectivity index (χ1n) is 5.26. The van der Waals surface area contributed by atoms with Gasteiger partial charge in [-0.3, -0.25) is 0 Å². The molecule has 5 heteroatoms. The van der Waals surface area contributed by atoms with Gasteiger partial charge >= 0.3 is 0 Å². The second-order valence-corrected chi connectivity index (χ2v) is 4.05. The molecule has 1 radical (unpaired) electrons. The molecular weight excluding hydrogens is 263 g/mol. The van der Waals surface area contributed by atoms with Crippen molar-refractivity contribution in [1.29, 1.82) is 0 Å². The monoisotopic (exact) mass is 267 g/mol. The zero-order valence-electron chi connectivity index (χ0n) is 9.20. The summed E-state index contributed by atoms with van der Waals surface area (Å²) < 4.78 is 66.4. The van der Waals surface area contributed by atoms with Gasteiger partial charge in [0.05, 0.1) is 0 Å². The van der Waals surface area contributed by atoms with E-state index in [1.54, 1.807) is 0 Å². The van der Waals surface area contributed by atoms with E-state index >= 15 is 0 Å². The number of hydrogen-bond donors (Lipinski definition) is 0. The van der Waals surface area contributed by atoms with Crippen molar-refractivity contribution < 1.29 is 22.0 Å². The molecule has 0 amide bonds. The number of benzene rings is 3. The summed E-state index contributed by atoms with van der Waals surface area (Å²) in [5, 5.41) is -0.357. The fourth-order valence-corrected chi connectivity index (χ4v) is 1.98. The van der Waals surface area contributed by atoms with E-state index in [9.17, 15) is 22.0 Å². The third kappa shape index (κ3) is 1.65. The molecule has 0 heterocycles. The van der Waals surface area contributed by atoms with Gasteiger partial charge < -0.3 is 0 Å². The maximum Gasteiger partial charge on any atom is 0.195 e. The Kier molecular flexibility index (Phi) is 2.45. The van der Waals surface area contributed by atoms with Gasteiger partial charge in [0.2, 0.25) is 0 Å². The number of hydrogen-bond acceptors (Lipinski definition) is 0. The van der Waals surface area contributed by atoms with Crippen molar-refractivity contribution in [2.24, 2.45) is 0 Å². The van der Waals surface area contributed by atoms with Crippen molar-refractivity contribution >= 4 is 21.5 Å². The summed E-state index contributed by atoms with van der Waals surface area (Å²) in [7, 11) is 0. The van der Waals surface area contributed by atoms with E-state index in [1.165, 1.54) is 12.1 Å². The average molecular weight is 267 g/mol. The van der Waals surface area contributed by atoms with Gasteiger partial charge in [0.15, 0.2) is 29.1 Å². The van der Waals surface area contributed by atoms with Crippen molar-refractivity contribution in [3.8, 4) is 0 Å². The van der Waals surface area contributed by atoms with E-state index < -0.39 is 29.1 Å². The second kappa shape index (κ2) is 3.91. The lowest BCUT2D eigenvalue weighted by Gasteiger charge is -2.06. The quantitative estimate of drug-likeness (QED) is 0.320. The molecule has 3 aromatic rings. The standard InChI is InChI=1S/C14H4F5/c15-10-2-1-6-3-7-4-11(16)14(19)13(18)9(7)5-8(6)12(10)17/h1-3,5H. The first-order valence-corrected chi connectivity index (χ1v) is 5.26. The molecular formula is C14H4F5. The highest BCUT2D eigenvalue weighted by molar-refractivity contribution is 5.98. The van der Waals surface area contributed by atoms with Gasteiger partial charge in [-0.25, -0.2) is 22.0 Å². The predicted molar refractivity (Wildman–Crippen MR) is 60.1 cm³/mol. The van der Waals surface area contributed by atoms with E-state index in [-0.39, 0.29) is 21.5 Å². The van der Waals surface area contributed by atoms with Crippen LogP contribution in [0.5, 0.6) is 0 Å². The Balaban J connectivity index is 2.53. The molecule has 0 spiro atoms. The Labute approximate surface area is 104 Å². The molecule has 95 valence electrons. The maximum absolute atomic E-state index is 13.6. The average Bonchev–Trinajstić information content (AvgIpc) is 2.39. The van der Waals surface area contributed by atoms with Crippen LogP contribution >= 0.6 is 0 Å². The molecule has 0 aliphatic rings. The second-order valence-electron chi connectivity index (χ2n) is 4.05. The summed E-state index contributed by atoms with van der Waals surface area (Å²) in [6.45, 7) is 0. The lowest BCUT2D eigenvalue weighted by atomic mass is 10.0. The molecule has 0 fully saturated rings. The van der Waals surface area contributed by atoms with Gasteiger partial charge in [-0.15, -0.1) is 0 Å². The molecule has 0 N–H and O–H groups in total. The highest BCUT2D eigenvalue weighted by atomic mass is 19.2. The zero-order valence-corrected chi connectivity index (χ0v) is 9.20. The van der Waals surface area contributed by atoms with Crippen molar-refractivity contribution in [2.45, 2.75) is 0 Å². The van der Waals surface area contributed by atoms with Crippen LogP contribution < -0.4 is 0 Å². The highest BCUT2D eigenvalue weighted by Gasteiger charge is 2.16. The van der Waals surface area contributed by atoms with Crippen LogP contribution in [0.15, 0.2) is 24.3 Å². The van der Waals surface area contributed by atoms with Gasteiger partial charge in [-0.1, -0.05) is 6.07 Å². The van der Waals surface area contributed by atoms with E-state index in [0.717, 1.165) is 12.1 Å². The topological polar surface area (TPSA) is 0 Å². The molecule has 0 saturated carbocycles. The molecule has 0 nitrogen and oxygen atoms in total. The lowest BCUT2D eigenvalue weighted by Crippen LogP contribution is -1.94. The number of rotatable bonds is 0. The molecule has 3 aromatic carbocycles. The highest BCUT2D eigenvalue weighted by Crippen LogP contribution is 2.29. The fourth-order valence-electron chi connectivity index (χ4n) is 1.98. The van der Waals surface area contributed by atoms with E-state index in [0.29, 0.717) is 0 Å². The minimum absolute atomic E-state index is 0.0464. The minimum atomic E-state index is -1.69. The number of halogens is 5. The van der Waals surface area contributed by atoms with Crippen molar-refractivity contribution in [3.05, 3.63) is 59.4 Å². The van der Waals surface area contributed by atoms with E-state index in [4.69, 9.17) is 0 Å². The molecule has 0 aromatic heterocycles. The molecule has 0 bridgehead atoms. The van der Waals surface area contributed by atoms with Crippen LogP contribution in [0, 0.1) is 35.2 Å². The third-order valence-corrected chi connectivity index (χ3v) is 2.91.